The van der Waals surface area contributed by atoms with E-state index in [9.17, 15) is 0 Å². The Morgan fingerprint density at radius 1 is 1.15 bits per heavy atom. The van der Waals surface area contributed by atoms with E-state index in [0.717, 1.165) is 24.3 Å². The molecule has 0 unspecified atom stereocenters. The van der Waals surface area contributed by atoms with Crippen LogP contribution in [0, 0.1) is 17.8 Å². The summed E-state index contributed by atoms with van der Waals surface area (Å²) in [7, 11) is 4.18. The van der Waals surface area contributed by atoms with Crippen LogP contribution in [0.15, 0.2) is 24.3 Å². The maximum absolute atomic E-state index is 3.76. The van der Waals surface area contributed by atoms with Gasteiger partial charge in [-0.15, -0.1) is 0 Å². The zero-order valence-corrected chi connectivity index (χ0v) is 13.1. The highest BCUT2D eigenvalue weighted by atomic mass is 15.1. The highest BCUT2D eigenvalue weighted by molar-refractivity contribution is 5.45. The van der Waals surface area contributed by atoms with Gasteiger partial charge >= 0.3 is 0 Å². The van der Waals surface area contributed by atoms with Crippen LogP contribution in [0.25, 0.3) is 0 Å². The molecule has 20 heavy (non-hydrogen) atoms. The van der Waals surface area contributed by atoms with Gasteiger partial charge in [0.15, 0.2) is 0 Å². The van der Waals surface area contributed by atoms with Crippen molar-refractivity contribution < 1.29 is 0 Å². The number of hydrogen-bond acceptors (Lipinski definition) is 2. The van der Waals surface area contributed by atoms with Crippen LogP contribution in [-0.4, -0.2) is 20.1 Å². The summed E-state index contributed by atoms with van der Waals surface area (Å²) in [6.07, 6.45) is 5.96. The summed E-state index contributed by atoms with van der Waals surface area (Å²) in [4.78, 5) is 2.15. The summed E-state index contributed by atoms with van der Waals surface area (Å²) in [5.41, 5.74) is 2.67. The highest BCUT2D eigenvalue weighted by Crippen LogP contribution is 2.49. The number of benzene rings is 1. The van der Waals surface area contributed by atoms with Gasteiger partial charge in [0.05, 0.1) is 0 Å². The molecule has 2 aliphatic carbocycles. The lowest BCUT2D eigenvalue weighted by atomic mass is 9.84. The van der Waals surface area contributed by atoms with Crippen molar-refractivity contribution in [3.8, 4) is 0 Å². The Bertz CT molecular complexity index is 437. The third-order valence-electron chi connectivity index (χ3n) is 5.52. The molecular formula is C18H28N2. The monoisotopic (exact) mass is 272 g/mol. The molecule has 0 heterocycles. The van der Waals surface area contributed by atoms with Crippen molar-refractivity contribution in [2.75, 3.05) is 19.0 Å². The number of nitrogens with one attached hydrogen (secondary N) is 1. The summed E-state index contributed by atoms with van der Waals surface area (Å²) >= 11 is 0. The molecule has 2 heteroatoms. The number of anilines is 1. The summed E-state index contributed by atoms with van der Waals surface area (Å²) < 4.78 is 0. The average molecular weight is 272 g/mol. The van der Waals surface area contributed by atoms with Crippen molar-refractivity contribution in [1.29, 1.82) is 0 Å². The predicted octanol–water partition coefficient (Wildman–Crippen LogP) is 3.67. The SMILES string of the molecule is C[C@@H](NCc1ccc(N(C)C)cc1)[C@@H]1C[C@@H]2CC[C@@H]1C2. The molecule has 2 bridgehead atoms. The second-order valence-corrected chi connectivity index (χ2v) is 7.07. The van der Waals surface area contributed by atoms with Crippen molar-refractivity contribution in [2.24, 2.45) is 17.8 Å². The Morgan fingerprint density at radius 3 is 2.45 bits per heavy atom. The lowest BCUT2D eigenvalue weighted by Gasteiger charge is -2.28. The Labute approximate surface area is 123 Å². The maximum atomic E-state index is 3.76. The Kier molecular flexibility index (Phi) is 4.02. The van der Waals surface area contributed by atoms with Crippen LogP contribution in [0.5, 0.6) is 0 Å². The summed E-state index contributed by atoms with van der Waals surface area (Å²) in [6.45, 7) is 3.39. The van der Waals surface area contributed by atoms with E-state index >= 15 is 0 Å². The minimum absolute atomic E-state index is 0.666. The zero-order chi connectivity index (χ0) is 14.1. The predicted molar refractivity (Wildman–Crippen MR) is 86.0 cm³/mol. The molecule has 3 rings (SSSR count). The molecule has 0 radical (unpaired) electrons. The molecule has 2 aliphatic rings. The normalized spacial score (nSPS) is 29.6. The molecule has 0 aliphatic heterocycles. The van der Waals surface area contributed by atoms with E-state index in [1.54, 1.807) is 0 Å². The molecule has 2 fully saturated rings. The fraction of sp³-hybridized carbons (Fsp3) is 0.667. The second kappa shape index (κ2) is 5.77. The fourth-order valence-electron chi connectivity index (χ4n) is 4.25. The Balaban J connectivity index is 1.51. The molecule has 0 saturated heterocycles. The van der Waals surface area contributed by atoms with Crippen LogP contribution in [0.4, 0.5) is 5.69 Å². The van der Waals surface area contributed by atoms with Gasteiger partial charge in [-0.25, -0.2) is 0 Å². The number of nitrogens with zero attached hydrogens (tertiary/aromatic N) is 1. The van der Waals surface area contributed by atoms with E-state index in [1.807, 2.05) is 0 Å². The molecule has 2 saturated carbocycles. The van der Waals surface area contributed by atoms with Crippen LogP contribution in [0.3, 0.4) is 0 Å². The average Bonchev–Trinajstić information content (AvgIpc) is 3.08. The van der Waals surface area contributed by atoms with E-state index in [1.165, 1.54) is 36.9 Å². The molecule has 110 valence electrons. The van der Waals surface area contributed by atoms with Gasteiger partial charge in [-0.2, -0.15) is 0 Å². The van der Waals surface area contributed by atoms with Crippen LogP contribution in [0.1, 0.15) is 38.2 Å². The topological polar surface area (TPSA) is 15.3 Å². The molecule has 1 aromatic rings. The van der Waals surface area contributed by atoms with E-state index in [0.29, 0.717) is 6.04 Å². The van der Waals surface area contributed by atoms with E-state index in [2.05, 4.69) is 55.5 Å². The summed E-state index contributed by atoms with van der Waals surface area (Å²) in [6, 6.07) is 9.57. The van der Waals surface area contributed by atoms with Gasteiger partial charge in [-0.05, 0) is 61.6 Å². The van der Waals surface area contributed by atoms with Gasteiger partial charge in [0.25, 0.3) is 0 Å². The third kappa shape index (κ3) is 2.85. The standard InChI is InChI=1S/C18H28N2/c1-13(18-11-15-4-7-16(18)10-15)19-12-14-5-8-17(9-6-14)20(2)3/h5-6,8-9,13,15-16,18-19H,4,7,10-12H2,1-3H3/t13-,15-,16-,18+/m1/s1. The minimum Gasteiger partial charge on any atom is -0.378 e. The molecular weight excluding hydrogens is 244 g/mol. The molecule has 1 aromatic carbocycles. The molecule has 2 nitrogen and oxygen atoms in total. The second-order valence-electron chi connectivity index (χ2n) is 7.07. The van der Waals surface area contributed by atoms with Crippen molar-refractivity contribution in [3.05, 3.63) is 29.8 Å². The maximum Gasteiger partial charge on any atom is 0.0361 e. The molecule has 0 aromatic heterocycles. The first kappa shape index (κ1) is 13.9. The Morgan fingerprint density at radius 2 is 1.90 bits per heavy atom. The van der Waals surface area contributed by atoms with Crippen LogP contribution in [-0.2, 0) is 6.54 Å². The first-order valence-electron chi connectivity index (χ1n) is 8.13. The lowest BCUT2D eigenvalue weighted by molar-refractivity contribution is 0.259. The van der Waals surface area contributed by atoms with Gasteiger partial charge in [0.1, 0.15) is 0 Å². The Hall–Kier alpha value is -1.02. The first-order chi connectivity index (χ1) is 9.63. The molecule has 0 spiro atoms. The van der Waals surface area contributed by atoms with Gasteiger partial charge in [-0.3, -0.25) is 0 Å². The fourth-order valence-corrected chi connectivity index (χ4v) is 4.25. The van der Waals surface area contributed by atoms with Gasteiger partial charge in [-0.1, -0.05) is 18.6 Å². The third-order valence-corrected chi connectivity index (χ3v) is 5.52. The quantitative estimate of drug-likeness (QED) is 0.880. The smallest absolute Gasteiger partial charge is 0.0361 e. The minimum atomic E-state index is 0.666. The molecule has 1 N–H and O–H groups in total. The van der Waals surface area contributed by atoms with Crippen LogP contribution in [0.2, 0.25) is 0 Å². The van der Waals surface area contributed by atoms with Gasteiger partial charge < -0.3 is 10.2 Å². The van der Waals surface area contributed by atoms with E-state index in [4.69, 9.17) is 0 Å². The van der Waals surface area contributed by atoms with Crippen LogP contribution < -0.4 is 10.2 Å². The number of hydrogen-bond donors (Lipinski definition) is 1. The summed E-state index contributed by atoms with van der Waals surface area (Å²) in [5, 5.41) is 3.76. The molecule has 0 amide bonds. The largest absolute Gasteiger partial charge is 0.378 e. The van der Waals surface area contributed by atoms with Crippen molar-refractivity contribution in [1.82, 2.24) is 5.32 Å². The van der Waals surface area contributed by atoms with E-state index < -0.39 is 0 Å². The number of fused-ring (bicyclic) bond motifs is 2. The molecule has 4 atom stereocenters. The number of rotatable bonds is 5. The van der Waals surface area contributed by atoms with Crippen molar-refractivity contribution in [2.45, 2.75) is 45.2 Å². The first-order valence-corrected chi connectivity index (χ1v) is 8.13. The van der Waals surface area contributed by atoms with Gasteiger partial charge in [0.2, 0.25) is 0 Å². The van der Waals surface area contributed by atoms with E-state index in [-0.39, 0.29) is 0 Å². The van der Waals surface area contributed by atoms with Gasteiger partial charge in [0, 0.05) is 32.4 Å². The summed E-state index contributed by atoms with van der Waals surface area (Å²) in [5.74, 6) is 2.99. The van der Waals surface area contributed by atoms with Crippen LogP contribution >= 0.6 is 0 Å². The zero-order valence-electron chi connectivity index (χ0n) is 13.1. The lowest BCUT2D eigenvalue weighted by Crippen LogP contribution is -2.35. The van der Waals surface area contributed by atoms with Crippen molar-refractivity contribution in [3.63, 3.8) is 0 Å². The highest BCUT2D eigenvalue weighted by Gasteiger charge is 2.41. The van der Waals surface area contributed by atoms with Crippen molar-refractivity contribution >= 4 is 5.69 Å².